The molecule has 0 amide bonds. The van der Waals surface area contributed by atoms with Gasteiger partial charge in [-0.2, -0.15) is 4.98 Å². The quantitative estimate of drug-likeness (QED) is 0.688. The second-order valence-corrected chi connectivity index (χ2v) is 5.70. The van der Waals surface area contributed by atoms with E-state index in [2.05, 4.69) is 17.2 Å². The van der Waals surface area contributed by atoms with Gasteiger partial charge < -0.3 is 14.5 Å². The lowest BCUT2D eigenvalue weighted by Crippen LogP contribution is -2.33. The first kappa shape index (κ1) is 13.8. The van der Waals surface area contributed by atoms with Crippen LogP contribution in [-0.2, 0) is 4.74 Å². The summed E-state index contributed by atoms with van der Waals surface area (Å²) in [5.41, 5.74) is 1.19. The SMILES string of the molecule is CC1(CNc2nc3ccc([N+](=O)[O-])cc3o2)CCOCC1. The highest BCUT2D eigenvalue weighted by atomic mass is 16.6. The van der Waals surface area contributed by atoms with E-state index in [-0.39, 0.29) is 11.1 Å². The first-order valence-corrected chi connectivity index (χ1v) is 6.92. The average Bonchev–Trinajstić information content (AvgIpc) is 2.88. The summed E-state index contributed by atoms with van der Waals surface area (Å²) in [7, 11) is 0. The van der Waals surface area contributed by atoms with Gasteiger partial charge in [-0.3, -0.25) is 10.1 Å². The molecule has 1 aromatic carbocycles. The first-order chi connectivity index (χ1) is 10.1. The van der Waals surface area contributed by atoms with E-state index in [0.717, 1.165) is 32.6 Å². The highest BCUT2D eigenvalue weighted by molar-refractivity contribution is 5.77. The van der Waals surface area contributed by atoms with Crippen molar-refractivity contribution in [1.82, 2.24) is 4.98 Å². The molecule has 0 saturated carbocycles. The van der Waals surface area contributed by atoms with Crippen molar-refractivity contribution in [3.05, 3.63) is 28.3 Å². The van der Waals surface area contributed by atoms with Gasteiger partial charge in [0.25, 0.3) is 11.7 Å². The number of ether oxygens (including phenoxy) is 1. The van der Waals surface area contributed by atoms with E-state index < -0.39 is 4.92 Å². The molecule has 7 heteroatoms. The number of oxazole rings is 1. The molecule has 0 aliphatic carbocycles. The van der Waals surface area contributed by atoms with E-state index in [9.17, 15) is 10.1 Å². The predicted molar refractivity (Wildman–Crippen MR) is 77.3 cm³/mol. The minimum atomic E-state index is -0.446. The normalized spacial score (nSPS) is 17.8. The molecule has 0 unspecified atom stereocenters. The van der Waals surface area contributed by atoms with E-state index in [4.69, 9.17) is 9.15 Å². The minimum Gasteiger partial charge on any atom is -0.423 e. The van der Waals surface area contributed by atoms with E-state index in [1.807, 2.05) is 0 Å². The number of fused-ring (bicyclic) bond motifs is 1. The molecule has 1 aliphatic heterocycles. The molecular formula is C14H17N3O4. The molecule has 1 N–H and O–H groups in total. The van der Waals surface area contributed by atoms with Crippen molar-refractivity contribution in [3.8, 4) is 0 Å². The molecule has 2 aromatic rings. The summed E-state index contributed by atoms with van der Waals surface area (Å²) in [6.07, 6.45) is 1.98. The maximum atomic E-state index is 10.7. The molecular weight excluding hydrogens is 274 g/mol. The van der Waals surface area contributed by atoms with Crippen molar-refractivity contribution in [2.24, 2.45) is 5.41 Å². The number of benzene rings is 1. The molecule has 1 saturated heterocycles. The summed E-state index contributed by atoms with van der Waals surface area (Å²) in [5.74, 6) is 0. The number of rotatable bonds is 4. The summed E-state index contributed by atoms with van der Waals surface area (Å²) in [6, 6.07) is 4.81. The molecule has 0 radical (unpaired) electrons. The number of nitro benzene ring substituents is 1. The zero-order valence-corrected chi connectivity index (χ0v) is 11.8. The van der Waals surface area contributed by atoms with Crippen LogP contribution >= 0.6 is 0 Å². The van der Waals surface area contributed by atoms with Gasteiger partial charge in [-0.05, 0) is 24.3 Å². The molecule has 0 spiro atoms. The fourth-order valence-corrected chi connectivity index (χ4v) is 2.43. The van der Waals surface area contributed by atoms with Gasteiger partial charge in [0.15, 0.2) is 5.58 Å². The molecule has 1 fully saturated rings. The van der Waals surface area contributed by atoms with Crippen LogP contribution in [0.1, 0.15) is 19.8 Å². The Kier molecular flexibility index (Phi) is 3.50. The topological polar surface area (TPSA) is 90.4 Å². The second kappa shape index (κ2) is 5.33. The van der Waals surface area contributed by atoms with Crippen molar-refractivity contribution < 1.29 is 14.1 Å². The van der Waals surface area contributed by atoms with Crippen molar-refractivity contribution in [2.75, 3.05) is 25.1 Å². The van der Waals surface area contributed by atoms with Crippen LogP contribution in [0.25, 0.3) is 11.1 Å². The van der Waals surface area contributed by atoms with Crippen LogP contribution in [0.3, 0.4) is 0 Å². The smallest absolute Gasteiger partial charge is 0.295 e. The standard InChI is InChI=1S/C14H17N3O4/c1-14(4-6-20-7-5-14)9-15-13-16-11-3-2-10(17(18)19)8-12(11)21-13/h2-3,8H,4-7,9H2,1H3,(H,15,16). The number of nitro groups is 1. The van der Waals surface area contributed by atoms with Crippen LogP contribution in [0, 0.1) is 15.5 Å². The van der Waals surface area contributed by atoms with Gasteiger partial charge in [0.2, 0.25) is 0 Å². The fourth-order valence-electron chi connectivity index (χ4n) is 2.43. The molecule has 7 nitrogen and oxygen atoms in total. The predicted octanol–water partition coefficient (Wildman–Crippen LogP) is 2.96. The Bertz CT molecular complexity index is 661. The minimum absolute atomic E-state index is 0.00147. The highest BCUT2D eigenvalue weighted by Crippen LogP contribution is 2.30. The Morgan fingerprint density at radius 2 is 2.19 bits per heavy atom. The Balaban J connectivity index is 1.73. The van der Waals surface area contributed by atoms with E-state index in [1.165, 1.54) is 12.1 Å². The van der Waals surface area contributed by atoms with Gasteiger partial charge in [0.05, 0.1) is 11.0 Å². The molecule has 0 atom stereocenters. The van der Waals surface area contributed by atoms with Crippen molar-refractivity contribution in [1.29, 1.82) is 0 Å². The molecule has 1 aliphatic rings. The Morgan fingerprint density at radius 3 is 2.90 bits per heavy atom. The Morgan fingerprint density at radius 1 is 1.43 bits per heavy atom. The molecule has 0 bridgehead atoms. The van der Waals surface area contributed by atoms with E-state index in [1.54, 1.807) is 6.07 Å². The van der Waals surface area contributed by atoms with E-state index >= 15 is 0 Å². The highest BCUT2D eigenvalue weighted by Gasteiger charge is 2.27. The lowest BCUT2D eigenvalue weighted by molar-refractivity contribution is -0.384. The van der Waals surface area contributed by atoms with Crippen LogP contribution in [0.2, 0.25) is 0 Å². The van der Waals surface area contributed by atoms with Gasteiger partial charge in [-0.15, -0.1) is 0 Å². The van der Waals surface area contributed by atoms with Gasteiger partial charge in [0, 0.05) is 25.8 Å². The number of nitrogens with one attached hydrogen (secondary N) is 1. The van der Waals surface area contributed by atoms with Gasteiger partial charge >= 0.3 is 0 Å². The third kappa shape index (κ3) is 2.97. The van der Waals surface area contributed by atoms with Crippen molar-refractivity contribution >= 4 is 22.8 Å². The summed E-state index contributed by atoms with van der Waals surface area (Å²) >= 11 is 0. The van der Waals surface area contributed by atoms with Gasteiger partial charge in [-0.25, -0.2) is 0 Å². The van der Waals surface area contributed by atoms with Crippen LogP contribution in [0.4, 0.5) is 11.7 Å². The maximum absolute atomic E-state index is 10.7. The lowest BCUT2D eigenvalue weighted by Gasteiger charge is -2.33. The van der Waals surface area contributed by atoms with E-state index in [0.29, 0.717) is 17.1 Å². The molecule has 2 heterocycles. The number of aromatic nitrogens is 1. The molecule has 112 valence electrons. The van der Waals surface area contributed by atoms with Crippen molar-refractivity contribution in [2.45, 2.75) is 19.8 Å². The van der Waals surface area contributed by atoms with Gasteiger partial charge in [0.1, 0.15) is 5.52 Å². The number of hydrogen-bond acceptors (Lipinski definition) is 6. The molecule has 1 aromatic heterocycles. The zero-order chi connectivity index (χ0) is 14.9. The third-order valence-electron chi connectivity index (χ3n) is 3.95. The fraction of sp³-hybridized carbons (Fsp3) is 0.500. The number of nitrogens with zero attached hydrogens (tertiary/aromatic N) is 2. The largest absolute Gasteiger partial charge is 0.423 e. The van der Waals surface area contributed by atoms with Crippen molar-refractivity contribution in [3.63, 3.8) is 0 Å². The molecule has 21 heavy (non-hydrogen) atoms. The maximum Gasteiger partial charge on any atom is 0.295 e. The number of anilines is 1. The molecule has 3 rings (SSSR count). The van der Waals surface area contributed by atoms with Crippen LogP contribution in [0.5, 0.6) is 0 Å². The van der Waals surface area contributed by atoms with Crippen LogP contribution < -0.4 is 5.32 Å². The van der Waals surface area contributed by atoms with Crippen LogP contribution in [0.15, 0.2) is 22.6 Å². The third-order valence-corrected chi connectivity index (χ3v) is 3.95. The lowest BCUT2D eigenvalue weighted by atomic mass is 9.82. The monoisotopic (exact) mass is 291 g/mol. The van der Waals surface area contributed by atoms with Crippen LogP contribution in [-0.4, -0.2) is 29.7 Å². The van der Waals surface area contributed by atoms with Gasteiger partial charge in [-0.1, -0.05) is 6.92 Å². The Labute approximate surface area is 121 Å². The average molecular weight is 291 g/mol. The summed E-state index contributed by atoms with van der Waals surface area (Å²) in [4.78, 5) is 14.6. The first-order valence-electron chi connectivity index (χ1n) is 6.92. The summed E-state index contributed by atoms with van der Waals surface area (Å²) in [6.45, 7) is 4.50. The summed E-state index contributed by atoms with van der Waals surface area (Å²) < 4.78 is 10.9. The zero-order valence-electron chi connectivity index (χ0n) is 11.8. The second-order valence-electron chi connectivity index (χ2n) is 5.70. The Hall–Kier alpha value is -2.15. The summed E-state index contributed by atoms with van der Waals surface area (Å²) in [5, 5.41) is 13.9. The number of non-ortho nitro benzene ring substituents is 1. The number of hydrogen-bond donors (Lipinski definition) is 1.